The maximum absolute atomic E-state index is 11.2. The molecule has 94 valence electrons. The summed E-state index contributed by atoms with van der Waals surface area (Å²) < 4.78 is 3.67. The number of carboxylic acids is 1. The molecule has 0 aliphatic carbocycles. The second-order valence-corrected chi connectivity index (χ2v) is 6.15. The van der Waals surface area contributed by atoms with E-state index in [0.717, 1.165) is 24.9 Å². The maximum atomic E-state index is 11.2. The van der Waals surface area contributed by atoms with Crippen LogP contribution >= 0.6 is 38.5 Å². The summed E-state index contributed by atoms with van der Waals surface area (Å²) in [5, 5.41) is 9.20. The summed E-state index contributed by atoms with van der Waals surface area (Å²) in [6.45, 7) is 3.99. The molecule has 2 rings (SSSR count). The monoisotopic (exact) mass is 419 g/mol. The average Bonchev–Trinajstić information content (AvgIpc) is 2.67. The fourth-order valence-electron chi connectivity index (χ4n) is 1.87. The Hall–Kier alpha value is -0.820. The summed E-state index contributed by atoms with van der Waals surface area (Å²) in [7, 11) is 0. The summed E-state index contributed by atoms with van der Waals surface area (Å²) in [5.41, 5.74) is 3.32. The number of aromatic carboxylic acids is 1. The van der Waals surface area contributed by atoms with E-state index < -0.39 is 5.97 Å². The Labute approximate surface area is 127 Å². The van der Waals surface area contributed by atoms with E-state index in [9.17, 15) is 9.90 Å². The zero-order valence-electron chi connectivity index (χ0n) is 9.87. The van der Waals surface area contributed by atoms with Crippen molar-refractivity contribution in [1.29, 1.82) is 0 Å². The number of carboxylic acid groups (broad SMARTS) is 1. The normalized spacial score (nSPS) is 10.7. The Bertz CT molecular complexity index is 611. The molecule has 1 heterocycles. The zero-order valence-corrected chi connectivity index (χ0v) is 13.6. The SMILES string of the molecule is Cc1cc(-n2cc(I)cc2C(=O)O)cc(C)c1Br. The molecule has 1 N–H and O–H groups in total. The second kappa shape index (κ2) is 5.05. The van der Waals surface area contributed by atoms with Crippen LogP contribution < -0.4 is 0 Å². The molecule has 0 saturated heterocycles. The van der Waals surface area contributed by atoms with Gasteiger partial charge in [0.25, 0.3) is 0 Å². The van der Waals surface area contributed by atoms with Crippen molar-refractivity contribution in [1.82, 2.24) is 4.57 Å². The number of aromatic nitrogens is 1. The van der Waals surface area contributed by atoms with Gasteiger partial charge in [0.2, 0.25) is 0 Å². The maximum Gasteiger partial charge on any atom is 0.352 e. The molecular formula is C13H11BrINO2. The summed E-state index contributed by atoms with van der Waals surface area (Å²) in [6.07, 6.45) is 1.83. The second-order valence-electron chi connectivity index (χ2n) is 4.11. The number of hydrogen-bond acceptors (Lipinski definition) is 1. The highest BCUT2D eigenvalue weighted by Crippen LogP contribution is 2.26. The molecule has 1 aromatic heterocycles. The quantitative estimate of drug-likeness (QED) is 0.742. The van der Waals surface area contributed by atoms with Crippen LogP contribution in [-0.4, -0.2) is 15.6 Å². The largest absolute Gasteiger partial charge is 0.477 e. The minimum absolute atomic E-state index is 0.278. The third-order valence-electron chi connectivity index (χ3n) is 2.71. The number of carbonyl (C=O) groups is 1. The van der Waals surface area contributed by atoms with Gasteiger partial charge in [-0.15, -0.1) is 0 Å². The van der Waals surface area contributed by atoms with Gasteiger partial charge in [0.1, 0.15) is 5.69 Å². The van der Waals surface area contributed by atoms with Crippen LogP contribution in [0.25, 0.3) is 5.69 Å². The van der Waals surface area contributed by atoms with Crippen LogP contribution in [0.4, 0.5) is 0 Å². The minimum atomic E-state index is -0.920. The van der Waals surface area contributed by atoms with Crippen molar-refractivity contribution < 1.29 is 9.90 Å². The first kappa shape index (κ1) is 13.6. The third-order valence-corrected chi connectivity index (χ3v) is 4.55. The minimum Gasteiger partial charge on any atom is -0.477 e. The van der Waals surface area contributed by atoms with Crippen molar-refractivity contribution in [2.75, 3.05) is 0 Å². The molecule has 0 saturated carbocycles. The van der Waals surface area contributed by atoms with Crippen LogP contribution in [0.2, 0.25) is 0 Å². The molecule has 0 amide bonds. The number of rotatable bonds is 2. The standard InChI is InChI=1S/C13H11BrINO2/c1-7-3-10(4-8(2)12(7)14)16-6-9(15)5-11(16)13(17)18/h3-6H,1-2H3,(H,17,18). The van der Waals surface area contributed by atoms with Crippen LogP contribution in [-0.2, 0) is 0 Å². The molecule has 0 aliphatic rings. The first-order chi connectivity index (χ1) is 8.40. The fourth-order valence-corrected chi connectivity index (χ4v) is 2.67. The number of halogens is 2. The van der Waals surface area contributed by atoms with Crippen LogP contribution in [0.3, 0.4) is 0 Å². The summed E-state index contributed by atoms with van der Waals surface area (Å²) in [5.74, 6) is -0.920. The van der Waals surface area contributed by atoms with Gasteiger partial charge < -0.3 is 9.67 Å². The van der Waals surface area contributed by atoms with E-state index in [0.29, 0.717) is 0 Å². The average molecular weight is 420 g/mol. The molecule has 0 aliphatic heterocycles. The molecule has 1 aromatic carbocycles. The molecule has 0 spiro atoms. The fraction of sp³-hybridized carbons (Fsp3) is 0.154. The van der Waals surface area contributed by atoms with E-state index in [4.69, 9.17) is 0 Å². The summed E-state index contributed by atoms with van der Waals surface area (Å²) >= 11 is 5.63. The summed E-state index contributed by atoms with van der Waals surface area (Å²) in [6, 6.07) is 5.61. The highest BCUT2D eigenvalue weighted by atomic mass is 127. The van der Waals surface area contributed by atoms with Crippen LogP contribution in [0, 0.1) is 17.4 Å². The van der Waals surface area contributed by atoms with E-state index in [2.05, 4.69) is 38.5 Å². The van der Waals surface area contributed by atoms with Gasteiger partial charge in [-0.2, -0.15) is 0 Å². The van der Waals surface area contributed by atoms with Gasteiger partial charge in [0, 0.05) is 19.9 Å². The van der Waals surface area contributed by atoms with E-state index in [-0.39, 0.29) is 5.69 Å². The Morgan fingerprint density at radius 1 is 1.28 bits per heavy atom. The van der Waals surface area contributed by atoms with Gasteiger partial charge in [-0.3, -0.25) is 0 Å². The zero-order chi connectivity index (χ0) is 13.4. The summed E-state index contributed by atoms with van der Waals surface area (Å²) in [4.78, 5) is 11.2. The molecule has 0 radical (unpaired) electrons. The Balaban J connectivity index is 2.65. The molecule has 2 aromatic rings. The van der Waals surface area contributed by atoms with Gasteiger partial charge in [0.05, 0.1) is 0 Å². The lowest BCUT2D eigenvalue weighted by molar-refractivity contribution is 0.0688. The first-order valence-corrected chi connectivity index (χ1v) is 7.15. The molecular weight excluding hydrogens is 409 g/mol. The van der Waals surface area contributed by atoms with Crippen molar-refractivity contribution >= 4 is 44.5 Å². The van der Waals surface area contributed by atoms with Gasteiger partial charge in [-0.1, -0.05) is 15.9 Å². The molecule has 0 bridgehead atoms. The number of aryl methyl sites for hydroxylation is 2. The molecule has 0 unspecified atom stereocenters. The van der Waals surface area contributed by atoms with E-state index >= 15 is 0 Å². The topological polar surface area (TPSA) is 42.2 Å². The van der Waals surface area contributed by atoms with E-state index in [1.807, 2.05) is 32.2 Å². The lowest BCUT2D eigenvalue weighted by Gasteiger charge is -2.10. The van der Waals surface area contributed by atoms with Gasteiger partial charge in [-0.25, -0.2) is 4.79 Å². The van der Waals surface area contributed by atoms with Gasteiger partial charge in [-0.05, 0) is 65.8 Å². The molecule has 3 nitrogen and oxygen atoms in total. The first-order valence-electron chi connectivity index (χ1n) is 5.28. The highest BCUT2D eigenvalue weighted by molar-refractivity contribution is 14.1. The lowest BCUT2D eigenvalue weighted by atomic mass is 10.1. The Morgan fingerprint density at radius 2 is 1.83 bits per heavy atom. The molecule has 0 atom stereocenters. The van der Waals surface area contributed by atoms with Gasteiger partial charge >= 0.3 is 5.97 Å². The predicted molar refractivity (Wildman–Crippen MR) is 82.6 cm³/mol. The van der Waals surface area contributed by atoms with Crippen LogP contribution in [0.1, 0.15) is 21.6 Å². The third kappa shape index (κ3) is 2.47. The number of hydrogen-bond donors (Lipinski definition) is 1. The Morgan fingerprint density at radius 3 is 2.33 bits per heavy atom. The Kier molecular flexibility index (Phi) is 3.82. The van der Waals surface area contributed by atoms with E-state index in [1.165, 1.54) is 0 Å². The smallest absolute Gasteiger partial charge is 0.352 e. The van der Waals surface area contributed by atoms with Crippen LogP contribution in [0.5, 0.6) is 0 Å². The van der Waals surface area contributed by atoms with Crippen molar-refractivity contribution in [2.24, 2.45) is 0 Å². The van der Waals surface area contributed by atoms with Crippen molar-refractivity contribution in [3.63, 3.8) is 0 Å². The van der Waals surface area contributed by atoms with Crippen molar-refractivity contribution in [3.8, 4) is 5.69 Å². The number of benzene rings is 1. The molecule has 5 heteroatoms. The lowest BCUT2D eigenvalue weighted by Crippen LogP contribution is -2.06. The highest BCUT2D eigenvalue weighted by Gasteiger charge is 2.14. The molecule has 0 fully saturated rings. The van der Waals surface area contributed by atoms with Gasteiger partial charge in [0.15, 0.2) is 0 Å². The number of nitrogens with zero attached hydrogens (tertiary/aromatic N) is 1. The van der Waals surface area contributed by atoms with E-state index in [1.54, 1.807) is 10.6 Å². The van der Waals surface area contributed by atoms with Crippen molar-refractivity contribution in [2.45, 2.75) is 13.8 Å². The van der Waals surface area contributed by atoms with Crippen molar-refractivity contribution in [3.05, 3.63) is 49.3 Å². The molecule has 18 heavy (non-hydrogen) atoms. The van der Waals surface area contributed by atoms with Crippen LogP contribution in [0.15, 0.2) is 28.9 Å². The predicted octanol–water partition coefficient (Wildman–Crippen LogP) is 4.16.